The van der Waals surface area contributed by atoms with Gasteiger partial charge >= 0.3 is 0 Å². The van der Waals surface area contributed by atoms with Gasteiger partial charge in [0.1, 0.15) is 5.78 Å². The topological polar surface area (TPSA) is 29.1 Å². The molecule has 2 nitrogen and oxygen atoms in total. The van der Waals surface area contributed by atoms with E-state index in [1.54, 1.807) is 6.92 Å². The first-order valence-electron chi connectivity index (χ1n) is 4.98. The van der Waals surface area contributed by atoms with Crippen LogP contribution in [0, 0.1) is 5.41 Å². The Kier molecular flexibility index (Phi) is 3.26. The second-order valence-corrected chi connectivity index (χ2v) is 3.86. The summed E-state index contributed by atoms with van der Waals surface area (Å²) in [7, 11) is 0. The SMILES string of the molecule is C/C=C(/C)C1(C(C)=O)CCNCC1. The first-order valence-corrected chi connectivity index (χ1v) is 4.98. The fourth-order valence-corrected chi connectivity index (χ4v) is 2.15. The molecule has 74 valence electrons. The highest BCUT2D eigenvalue weighted by atomic mass is 16.1. The van der Waals surface area contributed by atoms with Crippen molar-refractivity contribution in [2.75, 3.05) is 13.1 Å². The molecule has 1 aliphatic heterocycles. The fraction of sp³-hybridized carbons (Fsp3) is 0.727. The van der Waals surface area contributed by atoms with Crippen molar-refractivity contribution in [3.05, 3.63) is 11.6 Å². The zero-order chi connectivity index (χ0) is 9.90. The summed E-state index contributed by atoms with van der Waals surface area (Å²) >= 11 is 0. The van der Waals surface area contributed by atoms with Gasteiger partial charge in [-0.15, -0.1) is 0 Å². The van der Waals surface area contributed by atoms with Gasteiger partial charge in [0.15, 0.2) is 0 Å². The van der Waals surface area contributed by atoms with Gasteiger partial charge in [0.2, 0.25) is 0 Å². The van der Waals surface area contributed by atoms with Gasteiger partial charge in [-0.1, -0.05) is 11.6 Å². The zero-order valence-electron chi connectivity index (χ0n) is 8.81. The molecule has 0 aromatic heterocycles. The number of carbonyl (C=O) groups is 1. The smallest absolute Gasteiger partial charge is 0.140 e. The van der Waals surface area contributed by atoms with E-state index < -0.39 is 0 Å². The Morgan fingerprint density at radius 2 is 1.85 bits per heavy atom. The molecule has 0 unspecified atom stereocenters. The highest BCUT2D eigenvalue weighted by Gasteiger charge is 2.37. The molecule has 0 atom stereocenters. The minimum absolute atomic E-state index is 0.153. The van der Waals surface area contributed by atoms with Crippen molar-refractivity contribution in [3.8, 4) is 0 Å². The predicted molar refractivity (Wildman–Crippen MR) is 54.6 cm³/mol. The lowest BCUT2D eigenvalue weighted by molar-refractivity contribution is -0.125. The average Bonchev–Trinajstić information content (AvgIpc) is 2.17. The van der Waals surface area contributed by atoms with E-state index in [-0.39, 0.29) is 5.41 Å². The zero-order valence-corrected chi connectivity index (χ0v) is 8.81. The number of allylic oxidation sites excluding steroid dienone is 2. The van der Waals surface area contributed by atoms with Gasteiger partial charge in [0, 0.05) is 0 Å². The van der Waals surface area contributed by atoms with Crippen LogP contribution in [0.3, 0.4) is 0 Å². The quantitative estimate of drug-likeness (QED) is 0.659. The van der Waals surface area contributed by atoms with Gasteiger partial charge in [0.05, 0.1) is 5.41 Å². The third-order valence-corrected chi connectivity index (χ3v) is 3.32. The largest absolute Gasteiger partial charge is 0.317 e. The molecule has 13 heavy (non-hydrogen) atoms. The number of hydrogen-bond donors (Lipinski definition) is 1. The molecule has 0 aliphatic carbocycles. The molecule has 0 aromatic rings. The predicted octanol–water partition coefficient (Wildman–Crippen LogP) is 1.91. The molecule has 0 spiro atoms. The van der Waals surface area contributed by atoms with Crippen LogP contribution in [0.25, 0.3) is 0 Å². The van der Waals surface area contributed by atoms with Crippen molar-refractivity contribution >= 4 is 5.78 Å². The Hall–Kier alpha value is -0.630. The van der Waals surface area contributed by atoms with Gasteiger partial charge < -0.3 is 5.32 Å². The maximum Gasteiger partial charge on any atom is 0.140 e. The number of Topliss-reactive ketones (excluding diaryl/α,β-unsaturated/α-hetero) is 1. The van der Waals surface area contributed by atoms with Crippen LogP contribution in [0.2, 0.25) is 0 Å². The average molecular weight is 181 g/mol. The van der Waals surface area contributed by atoms with Gasteiger partial charge in [-0.05, 0) is 46.7 Å². The molecule has 0 bridgehead atoms. The minimum Gasteiger partial charge on any atom is -0.317 e. The maximum absolute atomic E-state index is 11.7. The molecule has 1 saturated heterocycles. The lowest BCUT2D eigenvalue weighted by atomic mass is 9.70. The summed E-state index contributed by atoms with van der Waals surface area (Å²) in [6.07, 6.45) is 3.99. The maximum atomic E-state index is 11.7. The molecule has 1 aliphatic rings. The third kappa shape index (κ3) is 1.83. The van der Waals surface area contributed by atoms with Gasteiger partial charge in [-0.25, -0.2) is 0 Å². The van der Waals surface area contributed by atoms with E-state index in [4.69, 9.17) is 0 Å². The summed E-state index contributed by atoms with van der Waals surface area (Å²) in [5.41, 5.74) is 1.08. The molecule has 1 rings (SSSR count). The van der Waals surface area contributed by atoms with Gasteiger partial charge in [0.25, 0.3) is 0 Å². The van der Waals surface area contributed by atoms with Crippen molar-refractivity contribution in [1.82, 2.24) is 5.32 Å². The van der Waals surface area contributed by atoms with Gasteiger partial charge in [-0.2, -0.15) is 0 Å². The number of nitrogens with one attached hydrogen (secondary N) is 1. The second-order valence-electron chi connectivity index (χ2n) is 3.86. The number of ketones is 1. The first-order chi connectivity index (χ1) is 6.13. The Balaban J connectivity index is 2.92. The first kappa shape index (κ1) is 10.5. The summed E-state index contributed by atoms with van der Waals surface area (Å²) in [6, 6.07) is 0. The van der Waals surface area contributed by atoms with Crippen molar-refractivity contribution in [3.63, 3.8) is 0 Å². The molecule has 1 N–H and O–H groups in total. The van der Waals surface area contributed by atoms with E-state index in [1.807, 2.05) is 6.92 Å². The fourth-order valence-electron chi connectivity index (χ4n) is 2.15. The van der Waals surface area contributed by atoms with E-state index in [1.165, 1.54) is 5.57 Å². The van der Waals surface area contributed by atoms with Crippen molar-refractivity contribution < 1.29 is 4.79 Å². The molecule has 0 saturated carbocycles. The van der Waals surface area contributed by atoms with Crippen LogP contribution in [0.4, 0.5) is 0 Å². The van der Waals surface area contributed by atoms with Crippen LogP contribution in [-0.4, -0.2) is 18.9 Å². The normalized spacial score (nSPS) is 22.8. The molecule has 0 aromatic carbocycles. The molecular formula is C11H19NO. The molecule has 1 fully saturated rings. The Labute approximate surface area is 80.4 Å². The Bertz CT molecular complexity index is 224. The molecular weight excluding hydrogens is 162 g/mol. The van der Waals surface area contributed by atoms with E-state index in [2.05, 4.69) is 18.3 Å². The van der Waals surface area contributed by atoms with Crippen LogP contribution in [0.15, 0.2) is 11.6 Å². The van der Waals surface area contributed by atoms with E-state index >= 15 is 0 Å². The Morgan fingerprint density at radius 3 is 2.23 bits per heavy atom. The van der Waals surface area contributed by atoms with Crippen molar-refractivity contribution in [2.24, 2.45) is 5.41 Å². The third-order valence-electron chi connectivity index (χ3n) is 3.32. The monoisotopic (exact) mass is 181 g/mol. The van der Waals surface area contributed by atoms with Gasteiger partial charge in [-0.3, -0.25) is 4.79 Å². The number of piperidine rings is 1. The lowest BCUT2D eigenvalue weighted by Gasteiger charge is -2.36. The number of rotatable bonds is 2. The van der Waals surface area contributed by atoms with Crippen LogP contribution < -0.4 is 5.32 Å². The Morgan fingerprint density at radius 1 is 1.31 bits per heavy atom. The van der Waals surface area contributed by atoms with E-state index in [9.17, 15) is 4.79 Å². The van der Waals surface area contributed by atoms with Crippen molar-refractivity contribution in [2.45, 2.75) is 33.6 Å². The summed E-state index contributed by atoms with van der Waals surface area (Å²) in [4.78, 5) is 11.7. The standard InChI is InChI=1S/C11H19NO/c1-4-9(2)11(10(3)13)5-7-12-8-6-11/h4,12H,5-8H2,1-3H3/b9-4-. The highest BCUT2D eigenvalue weighted by molar-refractivity contribution is 5.85. The van der Waals surface area contributed by atoms with Crippen molar-refractivity contribution in [1.29, 1.82) is 0 Å². The second kappa shape index (κ2) is 4.05. The summed E-state index contributed by atoms with van der Waals surface area (Å²) < 4.78 is 0. The summed E-state index contributed by atoms with van der Waals surface area (Å²) in [5, 5.41) is 3.29. The molecule has 0 radical (unpaired) electrons. The lowest BCUT2D eigenvalue weighted by Crippen LogP contribution is -2.42. The van der Waals surface area contributed by atoms with E-state index in [0.29, 0.717) is 5.78 Å². The van der Waals surface area contributed by atoms with Crippen LogP contribution in [-0.2, 0) is 4.79 Å². The van der Waals surface area contributed by atoms with Crippen LogP contribution in [0.5, 0.6) is 0 Å². The molecule has 1 heterocycles. The number of carbonyl (C=O) groups excluding carboxylic acids is 1. The summed E-state index contributed by atoms with van der Waals surface area (Å²) in [5.74, 6) is 0.324. The summed E-state index contributed by atoms with van der Waals surface area (Å²) in [6.45, 7) is 7.74. The highest BCUT2D eigenvalue weighted by Crippen LogP contribution is 2.37. The van der Waals surface area contributed by atoms with E-state index in [0.717, 1.165) is 25.9 Å². The molecule has 2 heteroatoms. The minimum atomic E-state index is -0.153. The van der Waals surface area contributed by atoms with Crippen LogP contribution in [0.1, 0.15) is 33.6 Å². The number of hydrogen-bond acceptors (Lipinski definition) is 2. The molecule has 0 amide bonds. The van der Waals surface area contributed by atoms with Crippen LogP contribution >= 0.6 is 0 Å².